The van der Waals surface area contributed by atoms with Crippen molar-refractivity contribution in [2.45, 2.75) is 77.5 Å². The van der Waals surface area contributed by atoms with Crippen LogP contribution < -0.4 is 10.1 Å². The average Bonchev–Trinajstić information content (AvgIpc) is 2.98. The number of benzene rings is 2. The Kier molecular flexibility index (Phi) is 9.06. The predicted molar refractivity (Wildman–Crippen MR) is 160 cm³/mol. The Morgan fingerprint density at radius 3 is 2.29 bits per heavy atom. The molecule has 2 aliphatic rings. The van der Waals surface area contributed by atoms with E-state index in [1.165, 1.54) is 18.0 Å². The summed E-state index contributed by atoms with van der Waals surface area (Å²) >= 11 is 0. The fourth-order valence-corrected chi connectivity index (χ4v) is 5.84. The number of piperidine rings is 2. The quantitative estimate of drug-likeness (QED) is 0.365. The highest BCUT2D eigenvalue weighted by molar-refractivity contribution is 5.94. The van der Waals surface area contributed by atoms with Crippen molar-refractivity contribution in [3.8, 4) is 5.75 Å². The number of hydrogen-bond acceptors (Lipinski definition) is 6. The molecule has 9 heteroatoms. The van der Waals surface area contributed by atoms with Gasteiger partial charge in [0.1, 0.15) is 29.7 Å². The first-order valence-corrected chi connectivity index (χ1v) is 14.9. The number of aromatic nitrogens is 2. The molecule has 0 spiro atoms. The maximum absolute atomic E-state index is 13.5. The molecule has 2 saturated heterocycles. The Bertz CT molecular complexity index is 1380. The molecule has 5 rings (SSSR count). The molecule has 3 heterocycles. The highest BCUT2D eigenvalue weighted by atomic mass is 19.2. The molecule has 2 fully saturated rings. The van der Waals surface area contributed by atoms with Gasteiger partial charge in [-0.15, -0.1) is 0 Å². The van der Waals surface area contributed by atoms with Crippen molar-refractivity contribution in [2.75, 3.05) is 31.5 Å². The van der Waals surface area contributed by atoms with E-state index in [2.05, 4.69) is 65.2 Å². The van der Waals surface area contributed by atoms with Crippen molar-refractivity contribution in [3.63, 3.8) is 0 Å². The smallest absolute Gasteiger partial charge is 0.272 e. The summed E-state index contributed by atoms with van der Waals surface area (Å²) in [7, 11) is 0. The van der Waals surface area contributed by atoms with Crippen LogP contribution in [0.1, 0.15) is 73.6 Å². The topological polar surface area (TPSA) is 70.6 Å². The number of likely N-dealkylation sites (tertiary alicyclic amines) is 2. The molecule has 0 bridgehead atoms. The fraction of sp³-hybridized carbons (Fsp3) is 0.485. The van der Waals surface area contributed by atoms with Crippen molar-refractivity contribution in [1.82, 2.24) is 19.8 Å². The van der Waals surface area contributed by atoms with Crippen LogP contribution >= 0.6 is 0 Å². The Morgan fingerprint density at radius 2 is 1.64 bits per heavy atom. The molecule has 0 radical (unpaired) electrons. The van der Waals surface area contributed by atoms with Crippen molar-refractivity contribution in [3.05, 3.63) is 82.8 Å². The molecule has 1 amide bonds. The minimum absolute atomic E-state index is 0.0147. The van der Waals surface area contributed by atoms with Gasteiger partial charge in [0.05, 0.1) is 0 Å². The van der Waals surface area contributed by atoms with E-state index in [0.29, 0.717) is 42.9 Å². The van der Waals surface area contributed by atoms with Crippen LogP contribution in [0.15, 0.2) is 48.8 Å². The van der Waals surface area contributed by atoms with E-state index >= 15 is 0 Å². The monoisotopic (exact) mass is 577 g/mol. The zero-order valence-corrected chi connectivity index (χ0v) is 25.0. The molecular formula is C33H41F2N5O2. The molecule has 42 heavy (non-hydrogen) atoms. The normalized spacial score (nSPS) is 17.3. The summed E-state index contributed by atoms with van der Waals surface area (Å²) in [6.45, 7) is 12.2. The minimum atomic E-state index is -0.891. The van der Waals surface area contributed by atoms with Gasteiger partial charge in [0.25, 0.3) is 5.91 Å². The standard InChI is InChI=1S/C33H41F2N5O2/c1-22-30(37-21-38-31(22)36-20-23-5-7-24(8-6-23)33(2,3)4)32(41)40-15-11-25(12-16-40)39-17-13-26(14-18-39)42-27-9-10-28(34)29(35)19-27/h5-10,19,21,25-26H,11-18,20H2,1-4H3,(H,36,37,38). The molecule has 7 nitrogen and oxygen atoms in total. The van der Waals surface area contributed by atoms with Gasteiger partial charge in [-0.3, -0.25) is 9.69 Å². The number of nitrogens with one attached hydrogen (secondary N) is 1. The molecule has 1 N–H and O–H groups in total. The first kappa shape index (κ1) is 29.9. The third kappa shape index (κ3) is 7.06. The van der Waals surface area contributed by atoms with Crippen LogP contribution in [0.4, 0.5) is 14.6 Å². The summed E-state index contributed by atoms with van der Waals surface area (Å²) in [5, 5.41) is 3.39. The van der Waals surface area contributed by atoms with Crippen molar-refractivity contribution in [1.29, 1.82) is 0 Å². The third-order valence-corrected chi connectivity index (χ3v) is 8.51. The van der Waals surface area contributed by atoms with Gasteiger partial charge in [-0.25, -0.2) is 18.7 Å². The van der Waals surface area contributed by atoms with Gasteiger partial charge < -0.3 is 15.0 Å². The summed E-state index contributed by atoms with van der Waals surface area (Å²) in [5.74, 6) is -0.766. The fourth-order valence-electron chi connectivity index (χ4n) is 5.84. The van der Waals surface area contributed by atoms with Crippen LogP contribution in [0.2, 0.25) is 0 Å². The van der Waals surface area contributed by atoms with Crippen LogP contribution in [0, 0.1) is 18.6 Å². The van der Waals surface area contributed by atoms with Gasteiger partial charge in [0.15, 0.2) is 11.6 Å². The molecule has 3 aromatic rings. The molecule has 0 unspecified atom stereocenters. The number of carbonyl (C=O) groups is 1. The highest BCUT2D eigenvalue weighted by Crippen LogP contribution is 2.27. The van der Waals surface area contributed by atoms with E-state index in [9.17, 15) is 13.6 Å². The number of anilines is 1. The summed E-state index contributed by atoms with van der Waals surface area (Å²) in [6.07, 6.45) is 4.91. The summed E-state index contributed by atoms with van der Waals surface area (Å²) in [4.78, 5) is 26.6. The van der Waals surface area contributed by atoms with Gasteiger partial charge in [-0.2, -0.15) is 0 Å². The average molecular weight is 578 g/mol. The van der Waals surface area contributed by atoms with E-state index in [4.69, 9.17) is 4.74 Å². The van der Waals surface area contributed by atoms with Crippen LogP contribution in [0.5, 0.6) is 5.75 Å². The second-order valence-electron chi connectivity index (χ2n) is 12.4. The molecule has 2 aromatic carbocycles. The number of amides is 1. The van der Waals surface area contributed by atoms with Crippen LogP contribution in [0.3, 0.4) is 0 Å². The molecule has 0 aliphatic carbocycles. The maximum Gasteiger partial charge on any atom is 0.272 e. The Hall–Kier alpha value is -3.59. The lowest BCUT2D eigenvalue weighted by Crippen LogP contribution is -2.50. The Labute approximate surface area is 247 Å². The van der Waals surface area contributed by atoms with E-state index in [1.807, 2.05) is 11.8 Å². The van der Waals surface area contributed by atoms with E-state index in [1.54, 1.807) is 0 Å². The van der Waals surface area contributed by atoms with Gasteiger partial charge >= 0.3 is 0 Å². The first-order valence-electron chi connectivity index (χ1n) is 14.9. The second-order valence-corrected chi connectivity index (χ2v) is 12.4. The van der Waals surface area contributed by atoms with Crippen molar-refractivity contribution >= 4 is 11.7 Å². The molecular weight excluding hydrogens is 536 g/mol. The predicted octanol–water partition coefficient (Wildman–Crippen LogP) is 6.12. The molecule has 2 aliphatic heterocycles. The number of halogens is 2. The Balaban J connectivity index is 1.10. The van der Waals surface area contributed by atoms with Crippen LogP contribution in [0.25, 0.3) is 0 Å². The van der Waals surface area contributed by atoms with Crippen LogP contribution in [-0.4, -0.2) is 64.0 Å². The Morgan fingerprint density at radius 1 is 0.952 bits per heavy atom. The molecule has 0 saturated carbocycles. The van der Waals surface area contributed by atoms with E-state index in [-0.39, 0.29) is 17.4 Å². The lowest BCUT2D eigenvalue weighted by molar-refractivity contribution is 0.0421. The van der Waals surface area contributed by atoms with Crippen LogP contribution in [-0.2, 0) is 12.0 Å². The summed E-state index contributed by atoms with van der Waals surface area (Å²) < 4.78 is 32.6. The number of hydrogen-bond donors (Lipinski definition) is 1. The number of carbonyl (C=O) groups excluding carboxylic acids is 1. The summed E-state index contributed by atoms with van der Waals surface area (Å²) in [5.41, 5.74) is 3.76. The SMILES string of the molecule is Cc1c(NCc2ccc(C(C)(C)C)cc2)ncnc1C(=O)N1CCC(N2CCC(Oc3ccc(F)c(F)c3)CC2)CC1. The first-order chi connectivity index (χ1) is 20.1. The lowest BCUT2D eigenvalue weighted by Gasteiger charge is -2.41. The maximum atomic E-state index is 13.5. The van der Waals surface area contributed by atoms with E-state index in [0.717, 1.165) is 62.0 Å². The molecule has 224 valence electrons. The third-order valence-electron chi connectivity index (χ3n) is 8.51. The van der Waals surface area contributed by atoms with Gasteiger partial charge in [0.2, 0.25) is 0 Å². The largest absolute Gasteiger partial charge is 0.490 e. The van der Waals surface area contributed by atoms with Gasteiger partial charge in [-0.1, -0.05) is 45.0 Å². The zero-order chi connectivity index (χ0) is 29.9. The molecule has 1 aromatic heterocycles. The van der Waals surface area contributed by atoms with Gasteiger partial charge in [-0.05, 0) is 61.3 Å². The van der Waals surface area contributed by atoms with E-state index < -0.39 is 11.6 Å². The zero-order valence-electron chi connectivity index (χ0n) is 25.0. The van der Waals surface area contributed by atoms with Crippen molar-refractivity contribution in [2.24, 2.45) is 0 Å². The number of ether oxygens (including phenoxy) is 1. The van der Waals surface area contributed by atoms with Crippen molar-refractivity contribution < 1.29 is 18.3 Å². The summed E-state index contributed by atoms with van der Waals surface area (Å²) in [6, 6.07) is 12.7. The molecule has 0 atom stereocenters. The lowest BCUT2D eigenvalue weighted by atomic mass is 9.87. The second kappa shape index (κ2) is 12.7. The number of nitrogens with zero attached hydrogens (tertiary/aromatic N) is 4. The minimum Gasteiger partial charge on any atom is -0.490 e. The highest BCUT2D eigenvalue weighted by Gasteiger charge is 2.31. The number of rotatable bonds is 7. The van der Waals surface area contributed by atoms with Gasteiger partial charge in [0, 0.05) is 50.4 Å².